The van der Waals surface area contributed by atoms with Gasteiger partial charge in [0.05, 0.1) is 11.3 Å². The van der Waals surface area contributed by atoms with E-state index >= 15 is 0 Å². The van der Waals surface area contributed by atoms with Gasteiger partial charge in [-0.25, -0.2) is 9.97 Å². The lowest BCUT2D eigenvalue weighted by Gasteiger charge is -2.10. The fourth-order valence-corrected chi connectivity index (χ4v) is 2.96. The molecule has 0 aliphatic rings. The van der Waals surface area contributed by atoms with Gasteiger partial charge < -0.3 is 14.7 Å². The maximum absolute atomic E-state index is 12.7. The number of fused-ring (bicyclic) bond motifs is 2. The molecule has 0 fully saturated rings. The number of furan rings is 1. The molecule has 4 rings (SSSR count). The van der Waals surface area contributed by atoms with E-state index in [2.05, 4.69) is 20.3 Å². The quantitative estimate of drug-likeness (QED) is 0.592. The number of amides is 1. The zero-order chi connectivity index (χ0) is 17.6. The zero-order valence-electron chi connectivity index (χ0n) is 14.3. The predicted molar refractivity (Wildman–Crippen MR) is 96.6 cm³/mol. The Hall–Kier alpha value is -3.15. The monoisotopic (exact) mass is 334 g/mol. The third kappa shape index (κ3) is 2.55. The summed E-state index contributed by atoms with van der Waals surface area (Å²) in [6.45, 7) is 5.77. The van der Waals surface area contributed by atoms with Crippen molar-refractivity contribution in [2.45, 2.75) is 26.7 Å². The lowest BCUT2D eigenvalue weighted by molar-refractivity contribution is -0.117. The van der Waals surface area contributed by atoms with Crippen LogP contribution in [0.4, 0.5) is 5.82 Å². The number of aromatic amines is 1. The van der Waals surface area contributed by atoms with Crippen molar-refractivity contribution in [2.75, 3.05) is 5.32 Å². The van der Waals surface area contributed by atoms with E-state index < -0.39 is 5.92 Å². The molecule has 0 aliphatic carbocycles. The summed E-state index contributed by atoms with van der Waals surface area (Å²) in [4.78, 5) is 24.4. The Kier molecular flexibility index (Phi) is 3.53. The number of hydrogen-bond donors (Lipinski definition) is 2. The number of H-pyrrole nitrogens is 1. The van der Waals surface area contributed by atoms with Gasteiger partial charge in [-0.3, -0.25) is 4.79 Å². The van der Waals surface area contributed by atoms with Gasteiger partial charge in [-0.05, 0) is 38.5 Å². The highest BCUT2D eigenvalue weighted by Gasteiger charge is 2.21. The van der Waals surface area contributed by atoms with E-state index in [1.165, 1.54) is 6.33 Å². The summed E-state index contributed by atoms with van der Waals surface area (Å²) in [5, 5.41) is 4.73. The minimum Gasteiger partial charge on any atom is -0.460 e. The third-order valence-corrected chi connectivity index (χ3v) is 4.60. The van der Waals surface area contributed by atoms with Crippen molar-refractivity contribution in [3.63, 3.8) is 0 Å². The summed E-state index contributed by atoms with van der Waals surface area (Å²) in [5.41, 5.74) is 3.54. The molecule has 1 atom stereocenters. The largest absolute Gasteiger partial charge is 0.460 e. The van der Waals surface area contributed by atoms with Crippen LogP contribution in [0.1, 0.15) is 29.9 Å². The van der Waals surface area contributed by atoms with Crippen LogP contribution in [0.2, 0.25) is 0 Å². The Balaban J connectivity index is 1.65. The number of nitrogens with one attached hydrogen (secondary N) is 2. The number of benzene rings is 1. The average Bonchev–Trinajstić information content (AvgIpc) is 3.16. The Morgan fingerprint density at radius 3 is 2.84 bits per heavy atom. The Morgan fingerprint density at radius 1 is 1.24 bits per heavy atom. The molecule has 3 heterocycles. The molecule has 0 aliphatic heterocycles. The molecule has 0 radical (unpaired) electrons. The van der Waals surface area contributed by atoms with Gasteiger partial charge in [-0.2, -0.15) is 0 Å². The maximum Gasteiger partial charge on any atom is 0.236 e. The molecule has 126 valence electrons. The molecule has 1 aromatic carbocycles. The molecule has 0 spiro atoms. The number of rotatable bonds is 3. The molecule has 6 nitrogen and oxygen atoms in total. The molecule has 0 saturated heterocycles. The molecule has 0 saturated carbocycles. The third-order valence-electron chi connectivity index (χ3n) is 4.60. The summed E-state index contributed by atoms with van der Waals surface area (Å²) in [6, 6.07) is 9.62. The summed E-state index contributed by atoms with van der Waals surface area (Å²) >= 11 is 0. The summed E-state index contributed by atoms with van der Waals surface area (Å²) in [5.74, 6) is 0.542. The summed E-state index contributed by atoms with van der Waals surface area (Å²) in [6.07, 6.45) is 1.44. The first kappa shape index (κ1) is 15.4. The second kappa shape index (κ2) is 5.73. The van der Waals surface area contributed by atoms with Crippen LogP contribution in [0.15, 0.2) is 41.1 Å². The lowest BCUT2D eigenvalue weighted by Crippen LogP contribution is -2.19. The van der Waals surface area contributed by atoms with Crippen molar-refractivity contribution in [1.82, 2.24) is 15.0 Å². The molecule has 25 heavy (non-hydrogen) atoms. The molecule has 6 heteroatoms. The minimum absolute atomic E-state index is 0.169. The number of anilines is 1. The lowest BCUT2D eigenvalue weighted by atomic mass is 10.1. The fraction of sp³-hybridized carbons (Fsp3) is 0.211. The summed E-state index contributed by atoms with van der Waals surface area (Å²) < 4.78 is 5.80. The standard InChI is InChI=1S/C19H18N4O2/c1-10-12(3)22-17-16(10)18(21-9-20-17)23-19(24)11(2)15-8-13-6-4-5-7-14(13)25-15/h4-9,11H,1-3H3,(H2,20,21,22,23,24). The van der Waals surface area contributed by atoms with E-state index in [1.54, 1.807) is 0 Å². The van der Waals surface area contributed by atoms with Crippen LogP contribution < -0.4 is 5.32 Å². The van der Waals surface area contributed by atoms with Crippen LogP contribution in [0.3, 0.4) is 0 Å². The molecule has 1 amide bonds. The van der Waals surface area contributed by atoms with Crippen LogP contribution in [0.5, 0.6) is 0 Å². The highest BCUT2D eigenvalue weighted by Crippen LogP contribution is 2.28. The van der Waals surface area contributed by atoms with Crippen LogP contribution in [0, 0.1) is 13.8 Å². The second-order valence-electron chi connectivity index (χ2n) is 6.22. The van der Waals surface area contributed by atoms with Crippen LogP contribution in [0.25, 0.3) is 22.0 Å². The van der Waals surface area contributed by atoms with Crippen molar-refractivity contribution < 1.29 is 9.21 Å². The highest BCUT2D eigenvalue weighted by atomic mass is 16.3. The number of para-hydroxylation sites is 1. The smallest absolute Gasteiger partial charge is 0.236 e. The first-order chi connectivity index (χ1) is 12.0. The van der Waals surface area contributed by atoms with Crippen molar-refractivity contribution in [1.29, 1.82) is 0 Å². The number of nitrogens with zero attached hydrogens (tertiary/aromatic N) is 2. The number of aryl methyl sites for hydroxylation is 2. The van der Waals surface area contributed by atoms with Crippen LogP contribution in [-0.4, -0.2) is 20.9 Å². The molecular weight excluding hydrogens is 316 g/mol. The number of aromatic nitrogens is 3. The topological polar surface area (TPSA) is 83.8 Å². The molecule has 2 N–H and O–H groups in total. The van der Waals surface area contributed by atoms with E-state index in [9.17, 15) is 4.79 Å². The van der Waals surface area contributed by atoms with Crippen molar-refractivity contribution >= 4 is 33.7 Å². The molecule has 4 aromatic rings. The van der Waals surface area contributed by atoms with Gasteiger partial charge in [0, 0.05) is 11.1 Å². The minimum atomic E-state index is -0.433. The molecular formula is C19H18N4O2. The number of carbonyl (C=O) groups excluding carboxylic acids is 1. The first-order valence-electron chi connectivity index (χ1n) is 8.14. The van der Waals surface area contributed by atoms with E-state index in [1.807, 2.05) is 51.1 Å². The molecule has 0 bridgehead atoms. The highest BCUT2D eigenvalue weighted by molar-refractivity contribution is 6.02. The Bertz CT molecular complexity index is 1060. The van der Waals surface area contributed by atoms with Crippen molar-refractivity contribution in [2.24, 2.45) is 0 Å². The first-order valence-corrected chi connectivity index (χ1v) is 8.14. The fourth-order valence-electron chi connectivity index (χ4n) is 2.96. The average molecular weight is 334 g/mol. The van der Waals surface area contributed by atoms with Gasteiger partial charge in [0.25, 0.3) is 0 Å². The van der Waals surface area contributed by atoms with E-state index in [4.69, 9.17) is 4.42 Å². The van der Waals surface area contributed by atoms with E-state index in [0.29, 0.717) is 11.6 Å². The summed E-state index contributed by atoms with van der Waals surface area (Å²) in [7, 11) is 0. The van der Waals surface area contributed by atoms with Crippen molar-refractivity contribution in [3.05, 3.63) is 53.7 Å². The normalized spacial score (nSPS) is 12.6. The second-order valence-corrected chi connectivity index (χ2v) is 6.22. The van der Waals surface area contributed by atoms with Gasteiger partial charge in [-0.1, -0.05) is 18.2 Å². The van der Waals surface area contributed by atoms with Crippen molar-refractivity contribution in [3.8, 4) is 0 Å². The zero-order valence-corrected chi connectivity index (χ0v) is 14.3. The SMILES string of the molecule is Cc1[nH]c2ncnc(NC(=O)C(C)c3cc4ccccc4o3)c2c1C. The molecule has 3 aromatic heterocycles. The van der Waals surface area contributed by atoms with Gasteiger partial charge in [0.2, 0.25) is 5.91 Å². The van der Waals surface area contributed by atoms with Gasteiger partial charge in [-0.15, -0.1) is 0 Å². The van der Waals surface area contributed by atoms with Crippen LogP contribution in [-0.2, 0) is 4.79 Å². The van der Waals surface area contributed by atoms with Gasteiger partial charge in [0.15, 0.2) is 0 Å². The Morgan fingerprint density at radius 2 is 2.04 bits per heavy atom. The van der Waals surface area contributed by atoms with E-state index in [-0.39, 0.29) is 5.91 Å². The van der Waals surface area contributed by atoms with Gasteiger partial charge >= 0.3 is 0 Å². The van der Waals surface area contributed by atoms with Gasteiger partial charge in [0.1, 0.15) is 29.1 Å². The number of hydrogen-bond acceptors (Lipinski definition) is 4. The van der Waals surface area contributed by atoms with Crippen LogP contribution >= 0.6 is 0 Å². The molecule has 1 unspecified atom stereocenters. The maximum atomic E-state index is 12.7. The Labute approximate surface area is 144 Å². The predicted octanol–water partition coefficient (Wildman–Crippen LogP) is 4.06. The number of carbonyl (C=O) groups is 1. The van der Waals surface area contributed by atoms with E-state index in [0.717, 1.165) is 33.3 Å².